The van der Waals surface area contributed by atoms with E-state index < -0.39 is 0 Å². The number of amides is 2. The van der Waals surface area contributed by atoms with Crippen LogP contribution in [0.2, 0.25) is 15.1 Å². The molecule has 1 atom stereocenters. The fraction of sp³-hybridized carbons (Fsp3) is 0.176. The van der Waals surface area contributed by atoms with Crippen LogP contribution in [0.15, 0.2) is 42.5 Å². The highest BCUT2D eigenvalue weighted by Gasteiger charge is 2.15. The Balaban J connectivity index is 1.83. The van der Waals surface area contributed by atoms with E-state index in [9.17, 15) is 9.59 Å². The number of quaternary nitrogens is 1. The summed E-state index contributed by atoms with van der Waals surface area (Å²) < 4.78 is 0. The smallest absolute Gasteiger partial charge is 0.279 e. The molecular weight excluding hydrogens is 385 g/mol. The summed E-state index contributed by atoms with van der Waals surface area (Å²) in [6, 6.07) is 11.8. The van der Waals surface area contributed by atoms with Crippen LogP contribution in [0.5, 0.6) is 0 Å². The lowest BCUT2D eigenvalue weighted by Gasteiger charge is -2.14. The summed E-state index contributed by atoms with van der Waals surface area (Å²) in [5.74, 6) is -0.464. The number of halogens is 3. The fourth-order valence-electron chi connectivity index (χ4n) is 2.15. The van der Waals surface area contributed by atoms with Gasteiger partial charge in [0.15, 0.2) is 13.1 Å². The van der Waals surface area contributed by atoms with Crippen molar-refractivity contribution in [2.24, 2.45) is 0 Å². The van der Waals surface area contributed by atoms with E-state index in [-0.39, 0.29) is 24.9 Å². The normalized spacial score (nSPS) is 11.7. The number of likely N-dealkylation sites (N-methyl/N-ethyl adjacent to an activating group) is 1. The summed E-state index contributed by atoms with van der Waals surface area (Å²) in [6.45, 7) is 0.246. The van der Waals surface area contributed by atoms with Crippen LogP contribution in [0.25, 0.3) is 0 Å². The van der Waals surface area contributed by atoms with Crippen LogP contribution < -0.4 is 15.5 Å². The van der Waals surface area contributed by atoms with Crippen LogP contribution in [0, 0.1) is 0 Å². The highest BCUT2D eigenvalue weighted by molar-refractivity contribution is 6.42. The van der Waals surface area contributed by atoms with E-state index in [4.69, 9.17) is 34.8 Å². The molecule has 2 rings (SSSR count). The predicted octanol–water partition coefficient (Wildman–Crippen LogP) is 2.74. The standard InChI is InChI=1S/C17H16Cl3N3O2/c1-23(10-17(25)22-15-5-3-2-4-13(15)19)9-16(24)21-11-6-7-12(18)14(20)8-11/h2-8H,9-10H2,1H3,(H,21,24)(H,22,25)/p+1. The summed E-state index contributed by atoms with van der Waals surface area (Å²) in [6.07, 6.45) is 0. The van der Waals surface area contributed by atoms with E-state index in [0.717, 1.165) is 4.90 Å². The average Bonchev–Trinajstić information content (AvgIpc) is 2.52. The lowest BCUT2D eigenvalue weighted by molar-refractivity contribution is -0.862. The SMILES string of the molecule is C[NH+](CC(=O)Nc1ccc(Cl)c(Cl)c1)CC(=O)Nc1ccccc1Cl. The molecule has 0 bridgehead atoms. The fourth-order valence-corrected chi connectivity index (χ4v) is 2.63. The Labute approximate surface area is 160 Å². The third-order valence-electron chi connectivity index (χ3n) is 3.28. The quantitative estimate of drug-likeness (QED) is 0.697. The highest BCUT2D eigenvalue weighted by atomic mass is 35.5. The molecule has 0 saturated carbocycles. The Kier molecular flexibility index (Phi) is 7.08. The maximum absolute atomic E-state index is 12.1. The number of nitrogens with one attached hydrogen (secondary N) is 3. The number of carbonyl (C=O) groups is 2. The van der Waals surface area contributed by atoms with Crippen molar-refractivity contribution in [1.29, 1.82) is 0 Å². The highest BCUT2D eigenvalue weighted by Crippen LogP contribution is 2.24. The first-order valence-corrected chi connectivity index (χ1v) is 8.59. The molecule has 0 aliphatic carbocycles. The zero-order chi connectivity index (χ0) is 18.4. The van der Waals surface area contributed by atoms with Crippen molar-refractivity contribution in [3.8, 4) is 0 Å². The molecule has 132 valence electrons. The molecule has 0 aliphatic rings. The lowest BCUT2D eigenvalue weighted by atomic mass is 10.3. The zero-order valence-electron chi connectivity index (χ0n) is 13.4. The minimum atomic E-state index is -0.235. The van der Waals surface area contributed by atoms with Gasteiger partial charge in [-0.05, 0) is 30.3 Å². The maximum Gasteiger partial charge on any atom is 0.279 e. The van der Waals surface area contributed by atoms with E-state index in [1.807, 2.05) is 0 Å². The Morgan fingerprint density at radius 3 is 2.16 bits per heavy atom. The molecule has 3 N–H and O–H groups in total. The molecule has 0 fully saturated rings. The molecule has 25 heavy (non-hydrogen) atoms. The number of carbonyl (C=O) groups excluding carboxylic acids is 2. The third-order valence-corrected chi connectivity index (χ3v) is 4.34. The largest absolute Gasteiger partial charge is 0.322 e. The predicted molar refractivity (Wildman–Crippen MR) is 102 cm³/mol. The molecule has 2 aromatic carbocycles. The Hall–Kier alpha value is -1.79. The van der Waals surface area contributed by atoms with Crippen molar-refractivity contribution in [1.82, 2.24) is 0 Å². The molecule has 2 aromatic rings. The van der Waals surface area contributed by atoms with Crippen LogP contribution in [0.4, 0.5) is 11.4 Å². The summed E-state index contributed by atoms with van der Waals surface area (Å²) in [5, 5.41) is 6.68. The second-order valence-electron chi connectivity index (χ2n) is 5.52. The van der Waals surface area contributed by atoms with E-state index in [1.54, 1.807) is 49.5 Å². The molecule has 0 spiro atoms. The molecule has 0 heterocycles. The first kappa shape index (κ1) is 19.5. The molecule has 0 saturated heterocycles. The van der Waals surface area contributed by atoms with Gasteiger partial charge in [-0.1, -0.05) is 46.9 Å². The van der Waals surface area contributed by atoms with Gasteiger partial charge in [0, 0.05) is 5.69 Å². The molecule has 0 aliphatic heterocycles. The molecule has 1 unspecified atom stereocenters. The summed E-state index contributed by atoms with van der Waals surface area (Å²) in [7, 11) is 1.75. The van der Waals surface area contributed by atoms with Crippen LogP contribution in [-0.2, 0) is 9.59 Å². The van der Waals surface area contributed by atoms with Gasteiger partial charge in [-0.3, -0.25) is 9.59 Å². The second kappa shape index (κ2) is 9.06. The van der Waals surface area contributed by atoms with Gasteiger partial charge in [0.2, 0.25) is 0 Å². The topological polar surface area (TPSA) is 62.6 Å². The van der Waals surface area contributed by atoms with Crippen molar-refractivity contribution in [3.63, 3.8) is 0 Å². The molecule has 0 radical (unpaired) electrons. The van der Waals surface area contributed by atoms with Crippen LogP contribution in [0.1, 0.15) is 0 Å². The molecular formula is C17H17Cl3N3O2+. The number of hydrogen-bond donors (Lipinski definition) is 3. The van der Waals surface area contributed by atoms with Gasteiger partial charge in [-0.25, -0.2) is 0 Å². The third kappa shape index (κ3) is 6.21. The van der Waals surface area contributed by atoms with Gasteiger partial charge in [-0.15, -0.1) is 0 Å². The van der Waals surface area contributed by atoms with Crippen molar-refractivity contribution >= 4 is 58.0 Å². The van der Waals surface area contributed by atoms with E-state index in [2.05, 4.69) is 10.6 Å². The number of rotatable bonds is 6. The molecule has 5 nitrogen and oxygen atoms in total. The number of hydrogen-bond acceptors (Lipinski definition) is 2. The van der Waals surface area contributed by atoms with Gasteiger partial charge in [0.05, 0.1) is 27.8 Å². The van der Waals surface area contributed by atoms with Crippen molar-refractivity contribution in [2.45, 2.75) is 0 Å². The first-order chi connectivity index (χ1) is 11.8. The Morgan fingerprint density at radius 1 is 0.880 bits per heavy atom. The van der Waals surface area contributed by atoms with Gasteiger partial charge >= 0.3 is 0 Å². The lowest BCUT2D eigenvalue weighted by Crippen LogP contribution is -3.11. The van der Waals surface area contributed by atoms with E-state index >= 15 is 0 Å². The van der Waals surface area contributed by atoms with E-state index in [1.165, 1.54) is 0 Å². The van der Waals surface area contributed by atoms with Gasteiger partial charge in [-0.2, -0.15) is 0 Å². The molecule has 8 heteroatoms. The van der Waals surface area contributed by atoms with Gasteiger partial charge < -0.3 is 15.5 Å². The summed E-state index contributed by atoms with van der Waals surface area (Å²) in [4.78, 5) is 24.8. The van der Waals surface area contributed by atoms with Crippen LogP contribution >= 0.6 is 34.8 Å². The van der Waals surface area contributed by atoms with Crippen molar-refractivity contribution in [2.75, 3.05) is 30.8 Å². The summed E-state index contributed by atoms with van der Waals surface area (Å²) in [5.41, 5.74) is 1.09. The van der Waals surface area contributed by atoms with Crippen LogP contribution in [0.3, 0.4) is 0 Å². The van der Waals surface area contributed by atoms with Crippen LogP contribution in [-0.4, -0.2) is 32.0 Å². The maximum atomic E-state index is 12.1. The molecule has 2 amide bonds. The van der Waals surface area contributed by atoms with Crippen molar-refractivity contribution in [3.05, 3.63) is 57.5 Å². The minimum Gasteiger partial charge on any atom is -0.322 e. The minimum absolute atomic E-state index is 0.121. The number of benzene rings is 2. The zero-order valence-corrected chi connectivity index (χ0v) is 15.7. The van der Waals surface area contributed by atoms with Crippen molar-refractivity contribution < 1.29 is 14.5 Å². The number of anilines is 2. The number of para-hydroxylation sites is 1. The Morgan fingerprint density at radius 2 is 1.52 bits per heavy atom. The second-order valence-corrected chi connectivity index (χ2v) is 6.74. The van der Waals surface area contributed by atoms with Gasteiger partial charge in [0.1, 0.15) is 0 Å². The van der Waals surface area contributed by atoms with Gasteiger partial charge in [0.25, 0.3) is 11.8 Å². The molecule has 0 aromatic heterocycles. The van der Waals surface area contributed by atoms with E-state index in [0.29, 0.717) is 26.4 Å². The first-order valence-electron chi connectivity index (χ1n) is 7.45. The average molecular weight is 402 g/mol. The monoisotopic (exact) mass is 400 g/mol. The summed E-state index contributed by atoms with van der Waals surface area (Å²) >= 11 is 17.7. The Bertz CT molecular complexity index is 783.